The molecular weight excluding hydrogens is 258 g/mol. The van der Waals surface area contributed by atoms with E-state index in [0.29, 0.717) is 0 Å². The van der Waals surface area contributed by atoms with Gasteiger partial charge in [-0.05, 0) is 38.9 Å². The Labute approximate surface area is 120 Å². The minimum atomic E-state index is -0.597. The number of hydrogen-bond acceptors (Lipinski definition) is 4. The molecule has 0 aliphatic rings. The second-order valence-corrected chi connectivity index (χ2v) is 5.94. The molecule has 1 rings (SSSR count). The third-order valence-electron chi connectivity index (χ3n) is 3.06. The minimum absolute atomic E-state index is 0.195. The van der Waals surface area contributed by atoms with Crippen molar-refractivity contribution >= 4 is 17.7 Å². The maximum atomic E-state index is 11.8. The molecule has 0 saturated carbocycles. The molecule has 0 fully saturated rings. The lowest BCUT2D eigenvalue weighted by Crippen LogP contribution is -2.50. The number of carbonyl (C=O) groups excluding carboxylic acids is 1. The molecular formula is C15H23NO2S. The molecule has 0 saturated heterocycles. The Kier molecular flexibility index (Phi) is 6.38. The molecule has 1 N–H and O–H groups in total. The fourth-order valence-electron chi connectivity index (χ4n) is 1.96. The first-order chi connectivity index (χ1) is 9.01. The van der Waals surface area contributed by atoms with Crippen LogP contribution < -0.4 is 5.32 Å². The average molecular weight is 281 g/mol. The van der Waals surface area contributed by atoms with Gasteiger partial charge in [0.2, 0.25) is 0 Å². The Hall–Kier alpha value is -1.00. The lowest BCUT2D eigenvalue weighted by molar-refractivity contribution is -0.147. The van der Waals surface area contributed by atoms with E-state index in [9.17, 15) is 4.79 Å². The number of thioether (sulfide) groups is 1. The van der Waals surface area contributed by atoms with Crippen LogP contribution in [0.4, 0.5) is 0 Å². The van der Waals surface area contributed by atoms with Crippen molar-refractivity contribution in [3.8, 4) is 0 Å². The SMILES string of the molecule is CCNC(C)(CCSc1cccc(C)c1)C(=O)OC. The number of benzene rings is 1. The Morgan fingerprint density at radius 3 is 2.79 bits per heavy atom. The van der Waals surface area contributed by atoms with E-state index >= 15 is 0 Å². The highest BCUT2D eigenvalue weighted by Crippen LogP contribution is 2.23. The number of rotatable bonds is 7. The summed E-state index contributed by atoms with van der Waals surface area (Å²) in [4.78, 5) is 13.1. The van der Waals surface area contributed by atoms with Gasteiger partial charge in [0.05, 0.1) is 7.11 Å². The van der Waals surface area contributed by atoms with Crippen LogP contribution in [0.1, 0.15) is 25.8 Å². The van der Waals surface area contributed by atoms with Crippen LogP contribution in [-0.2, 0) is 9.53 Å². The van der Waals surface area contributed by atoms with Crippen molar-refractivity contribution in [3.63, 3.8) is 0 Å². The smallest absolute Gasteiger partial charge is 0.325 e. The quantitative estimate of drug-likeness (QED) is 0.616. The van der Waals surface area contributed by atoms with E-state index in [1.165, 1.54) is 17.6 Å². The van der Waals surface area contributed by atoms with Gasteiger partial charge in [-0.2, -0.15) is 0 Å². The molecule has 1 aromatic carbocycles. The fraction of sp³-hybridized carbons (Fsp3) is 0.533. The first-order valence-corrected chi connectivity index (χ1v) is 7.53. The minimum Gasteiger partial charge on any atom is -0.468 e. The summed E-state index contributed by atoms with van der Waals surface area (Å²) in [6.07, 6.45) is 0.742. The number of ether oxygens (including phenoxy) is 1. The zero-order valence-electron chi connectivity index (χ0n) is 12.2. The zero-order valence-corrected chi connectivity index (χ0v) is 13.0. The lowest BCUT2D eigenvalue weighted by Gasteiger charge is -2.27. The number of esters is 1. The number of methoxy groups -OCH3 is 1. The molecule has 3 nitrogen and oxygen atoms in total. The summed E-state index contributed by atoms with van der Waals surface area (Å²) in [5.41, 5.74) is 0.660. The fourth-order valence-corrected chi connectivity index (χ4v) is 3.15. The van der Waals surface area contributed by atoms with Crippen molar-refractivity contribution in [1.82, 2.24) is 5.32 Å². The molecule has 19 heavy (non-hydrogen) atoms. The molecule has 0 bridgehead atoms. The third kappa shape index (κ3) is 4.88. The Morgan fingerprint density at radius 1 is 1.47 bits per heavy atom. The van der Waals surface area contributed by atoms with E-state index in [1.54, 1.807) is 11.8 Å². The van der Waals surface area contributed by atoms with Gasteiger partial charge in [-0.25, -0.2) is 0 Å². The first-order valence-electron chi connectivity index (χ1n) is 6.54. The van der Waals surface area contributed by atoms with Crippen molar-refractivity contribution in [3.05, 3.63) is 29.8 Å². The van der Waals surface area contributed by atoms with E-state index in [4.69, 9.17) is 4.74 Å². The van der Waals surface area contributed by atoms with Gasteiger partial charge in [0, 0.05) is 10.6 Å². The maximum Gasteiger partial charge on any atom is 0.325 e. The summed E-state index contributed by atoms with van der Waals surface area (Å²) in [5.74, 6) is 0.682. The normalized spacial score (nSPS) is 13.9. The standard InChI is InChI=1S/C15H23NO2S/c1-5-16-15(3,14(17)18-4)9-10-19-13-8-6-7-12(2)11-13/h6-8,11,16H,5,9-10H2,1-4H3. The molecule has 1 unspecified atom stereocenters. The third-order valence-corrected chi connectivity index (χ3v) is 4.06. The van der Waals surface area contributed by atoms with Gasteiger partial charge in [-0.15, -0.1) is 11.8 Å². The van der Waals surface area contributed by atoms with Gasteiger partial charge in [0.1, 0.15) is 5.54 Å². The van der Waals surface area contributed by atoms with Crippen molar-refractivity contribution in [2.75, 3.05) is 19.4 Å². The van der Waals surface area contributed by atoms with Crippen LogP contribution in [0.25, 0.3) is 0 Å². The van der Waals surface area contributed by atoms with E-state index in [1.807, 2.05) is 13.8 Å². The molecule has 0 heterocycles. The molecule has 1 atom stereocenters. The van der Waals surface area contributed by atoms with E-state index in [0.717, 1.165) is 18.7 Å². The van der Waals surface area contributed by atoms with Crippen molar-refractivity contribution in [2.24, 2.45) is 0 Å². The summed E-state index contributed by atoms with van der Waals surface area (Å²) >= 11 is 1.77. The van der Waals surface area contributed by atoms with Crippen molar-refractivity contribution in [2.45, 2.75) is 37.6 Å². The van der Waals surface area contributed by atoms with Crippen LogP contribution in [0, 0.1) is 6.92 Å². The van der Waals surface area contributed by atoms with E-state index in [-0.39, 0.29) is 5.97 Å². The van der Waals surface area contributed by atoms with E-state index in [2.05, 4.69) is 36.5 Å². The monoisotopic (exact) mass is 281 g/mol. The van der Waals surface area contributed by atoms with Crippen LogP contribution in [0.15, 0.2) is 29.2 Å². The van der Waals surface area contributed by atoms with Crippen LogP contribution in [0.2, 0.25) is 0 Å². The largest absolute Gasteiger partial charge is 0.468 e. The molecule has 0 aliphatic carbocycles. The summed E-state index contributed by atoms with van der Waals surface area (Å²) in [7, 11) is 1.44. The Morgan fingerprint density at radius 2 is 2.21 bits per heavy atom. The van der Waals surface area contributed by atoms with E-state index < -0.39 is 5.54 Å². The number of aryl methyl sites for hydroxylation is 1. The molecule has 0 radical (unpaired) electrons. The summed E-state index contributed by atoms with van der Waals surface area (Å²) < 4.78 is 4.88. The van der Waals surface area contributed by atoms with Gasteiger partial charge in [-0.1, -0.05) is 24.6 Å². The van der Waals surface area contributed by atoms with Gasteiger partial charge in [0.25, 0.3) is 0 Å². The number of hydrogen-bond donors (Lipinski definition) is 1. The van der Waals surface area contributed by atoms with Crippen molar-refractivity contribution < 1.29 is 9.53 Å². The van der Waals surface area contributed by atoms with Gasteiger partial charge in [0.15, 0.2) is 0 Å². The second kappa shape index (κ2) is 7.56. The molecule has 106 valence electrons. The number of carbonyl (C=O) groups is 1. The average Bonchev–Trinajstić information content (AvgIpc) is 2.38. The van der Waals surface area contributed by atoms with Crippen molar-refractivity contribution in [1.29, 1.82) is 0 Å². The highest BCUT2D eigenvalue weighted by molar-refractivity contribution is 7.99. The molecule has 0 aromatic heterocycles. The predicted octanol–water partition coefficient (Wildman–Crippen LogP) is 3.02. The number of nitrogens with one attached hydrogen (secondary N) is 1. The highest BCUT2D eigenvalue weighted by Gasteiger charge is 2.32. The topological polar surface area (TPSA) is 38.3 Å². The van der Waals surface area contributed by atoms with Gasteiger partial charge in [-0.3, -0.25) is 4.79 Å². The highest BCUT2D eigenvalue weighted by atomic mass is 32.2. The van der Waals surface area contributed by atoms with Crippen LogP contribution >= 0.6 is 11.8 Å². The van der Waals surface area contributed by atoms with Gasteiger partial charge >= 0.3 is 5.97 Å². The summed E-state index contributed by atoms with van der Waals surface area (Å²) in [6.45, 7) is 6.73. The number of likely N-dealkylation sites (N-methyl/N-ethyl adjacent to an activating group) is 1. The Bertz CT molecular complexity index is 422. The predicted molar refractivity (Wildman–Crippen MR) is 80.6 cm³/mol. The lowest BCUT2D eigenvalue weighted by atomic mass is 9.99. The summed E-state index contributed by atoms with van der Waals surface area (Å²) in [5, 5.41) is 3.22. The zero-order chi connectivity index (χ0) is 14.3. The maximum absolute atomic E-state index is 11.8. The van der Waals surface area contributed by atoms with Gasteiger partial charge < -0.3 is 10.1 Å². The first kappa shape index (κ1) is 16.1. The summed E-state index contributed by atoms with van der Waals surface area (Å²) in [6, 6.07) is 8.40. The Balaban J connectivity index is 2.55. The molecule has 0 aliphatic heterocycles. The second-order valence-electron chi connectivity index (χ2n) is 4.77. The van der Waals surface area contributed by atoms with Crippen LogP contribution in [-0.4, -0.2) is 30.9 Å². The van der Waals surface area contributed by atoms with Crippen LogP contribution in [0.3, 0.4) is 0 Å². The molecule has 1 aromatic rings. The molecule has 0 spiro atoms. The molecule has 4 heteroatoms. The van der Waals surface area contributed by atoms with Crippen LogP contribution in [0.5, 0.6) is 0 Å². The molecule has 0 amide bonds.